The van der Waals surface area contributed by atoms with E-state index in [1.807, 2.05) is 6.08 Å². The second-order valence-corrected chi connectivity index (χ2v) is 4.70. The molecule has 104 valence electrons. The molecule has 0 bridgehead atoms. The van der Waals surface area contributed by atoms with Crippen LogP contribution in [0.15, 0.2) is 43.0 Å². The van der Waals surface area contributed by atoms with E-state index in [9.17, 15) is 0 Å². The van der Waals surface area contributed by atoms with Crippen molar-refractivity contribution in [2.24, 2.45) is 0 Å². The monoisotopic (exact) mass is 258 g/mol. The van der Waals surface area contributed by atoms with Gasteiger partial charge in [-0.2, -0.15) is 0 Å². The van der Waals surface area contributed by atoms with E-state index in [0.29, 0.717) is 0 Å². The molecule has 0 radical (unpaired) electrons. The minimum absolute atomic E-state index is 0.971. The fourth-order valence-corrected chi connectivity index (χ4v) is 2.06. The molecule has 0 amide bonds. The topological polar surface area (TPSA) is 6.48 Å². The van der Waals surface area contributed by atoms with Crippen molar-refractivity contribution in [1.29, 1.82) is 0 Å². The van der Waals surface area contributed by atoms with Gasteiger partial charge < -0.3 is 0 Å². The van der Waals surface area contributed by atoms with Crippen molar-refractivity contribution in [2.45, 2.75) is 26.8 Å². The number of rotatable bonds is 8. The van der Waals surface area contributed by atoms with E-state index in [1.165, 1.54) is 17.5 Å². The van der Waals surface area contributed by atoms with Crippen LogP contribution in [0.2, 0.25) is 0 Å². The molecule has 1 rings (SSSR count). The second kappa shape index (κ2) is 8.68. The van der Waals surface area contributed by atoms with E-state index in [4.69, 9.17) is 0 Å². The average Bonchev–Trinajstić information content (AvgIpc) is 2.44. The van der Waals surface area contributed by atoms with Crippen LogP contribution in [0.5, 0.6) is 0 Å². The number of hydrazine groups is 1. The highest BCUT2D eigenvalue weighted by Gasteiger charge is 2.08. The summed E-state index contributed by atoms with van der Waals surface area (Å²) in [5.41, 5.74) is 2.56. The van der Waals surface area contributed by atoms with Gasteiger partial charge in [0.05, 0.1) is 0 Å². The average molecular weight is 258 g/mol. The molecular formula is C17H26N2. The van der Waals surface area contributed by atoms with E-state index in [0.717, 1.165) is 19.6 Å². The van der Waals surface area contributed by atoms with Crippen molar-refractivity contribution in [1.82, 2.24) is 10.0 Å². The van der Waals surface area contributed by atoms with E-state index in [2.05, 4.69) is 67.8 Å². The quantitative estimate of drug-likeness (QED) is 0.514. The Labute approximate surface area is 118 Å². The fraction of sp³-hybridized carbons (Fsp3) is 0.412. The van der Waals surface area contributed by atoms with Crippen molar-refractivity contribution < 1.29 is 0 Å². The predicted molar refractivity (Wildman–Crippen MR) is 84.7 cm³/mol. The van der Waals surface area contributed by atoms with Crippen molar-refractivity contribution in [3.05, 3.63) is 54.1 Å². The molecule has 0 aliphatic heterocycles. The van der Waals surface area contributed by atoms with Gasteiger partial charge in [-0.25, -0.2) is 10.0 Å². The maximum absolute atomic E-state index is 3.68. The van der Waals surface area contributed by atoms with Crippen LogP contribution in [0.3, 0.4) is 0 Å². The minimum Gasteiger partial charge on any atom is -0.245 e. The zero-order chi connectivity index (χ0) is 14.1. The first-order valence-electron chi connectivity index (χ1n) is 7.05. The van der Waals surface area contributed by atoms with Crippen LogP contribution in [0.1, 0.15) is 31.4 Å². The van der Waals surface area contributed by atoms with Crippen LogP contribution in [-0.2, 0) is 6.54 Å². The van der Waals surface area contributed by atoms with Crippen molar-refractivity contribution >= 4 is 6.08 Å². The molecule has 2 nitrogen and oxygen atoms in total. The summed E-state index contributed by atoms with van der Waals surface area (Å²) in [6.45, 7) is 11.2. The first-order chi connectivity index (χ1) is 9.21. The Kier molecular flexibility index (Phi) is 7.16. The third-order valence-electron chi connectivity index (χ3n) is 3.16. The van der Waals surface area contributed by atoms with Gasteiger partial charge in [0.25, 0.3) is 0 Å². The SMILES string of the molecule is C=CC=Cc1ccc(CN(CC)N(C)CCC)cc1. The predicted octanol–water partition coefficient (Wildman–Crippen LogP) is 3.96. The molecule has 0 N–H and O–H groups in total. The van der Waals surface area contributed by atoms with Crippen LogP contribution in [0, 0.1) is 0 Å². The van der Waals surface area contributed by atoms with Gasteiger partial charge in [-0.3, -0.25) is 0 Å². The lowest BCUT2D eigenvalue weighted by Crippen LogP contribution is -2.39. The first-order valence-corrected chi connectivity index (χ1v) is 7.05. The van der Waals surface area contributed by atoms with Crippen LogP contribution in [-0.4, -0.2) is 30.2 Å². The zero-order valence-corrected chi connectivity index (χ0v) is 12.5. The highest BCUT2D eigenvalue weighted by atomic mass is 15.6. The highest BCUT2D eigenvalue weighted by molar-refractivity contribution is 5.51. The van der Waals surface area contributed by atoms with E-state index in [1.54, 1.807) is 6.08 Å². The third-order valence-corrected chi connectivity index (χ3v) is 3.16. The van der Waals surface area contributed by atoms with Crippen LogP contribution in [0.25, 0.3) is 6.08 Å². The molecule has 1 aromatic carbocycles. The highest BCUT2D eigenvalue weighted by Crippen LogP contribution is 2.10. The Morgan fingerprint density at radius 3 is 2.37 bits per heavy atom. The number of hydrogen-bond donors (Lipinski definition) is 0. The Hall–Kier alpha value is -1.38. The lowest BCUT2D eigenvalue weighted by Gasteiger charge is -2.30. The largest absolute Gasteiger partial charge is 0.245 e. The number of hydrogen-bond acceptors (Lipinski definition) is 2. The van der Waals surface area contributed by atoms with Crippen LogP contribution in [0.4, 0.5) is 0 Å². The molecule has 0 aromatic heterocycles. The van der Waals surface area contributed by atoms with Gasteiger partial charge in [0.1, 0.15) is 0 Å². The number of nitrogens with zero attached hydrogens (tertiary/aromatic N) is 2. The third kappa shape index (κ3) is 5.41. The molecule has 0 unspecified atom stereocenters. The van der Waals surface area contributed by atoms with Crippen molar-refractivity contribution in [2.75, 3.05) is 20.1 Å². The lowest BCUT2D eigenvalue weighted by atomic mass is 10.1. The summed E-state index contributed by atoms with van der Waals surface area (Å²) in [6.07, 6.45) is 7.00. The lowest BCUT2D eigenvalue weighted by molar-refractivity contribution is -0.00358. The minimum atomic E-state index is 0.971. The summed E-state index contributed by atoms with van der Waals surface area (Å²) in [5.74, 6) is 0. The molecule has 0 spiro atoms. The van der Waals surface area contributed by atoms with Crippen LogP contribution < -0.4 is 0 Å². The Morgan fingerprint density at radius 1 is 1.16 bits per heavy atom. The summed E-state index contributed by atoms with van der Waals surface area (Å²) < 4.78 is 0. The molecular weight excluding hydrogens is 232 g/mol. The Morgan fingerprint density at radius 2 is 1.84 bits per heavy atom. The number of allylic oxidation sites excluding steroid dienone is 2. The zero-order valence-electron chi connectivity index (χ0n) is 12.5. The molecule has 1 aromatic rings. The standard InChI is InChI=1S/C17H26N2/c1-5-8-9-16-10-12-17(13-11-16)15-19(7-3)18(4)14-6-2/h5,8-13H,1,6-7,14-15H2,2-4H3. The van der Waals surface area contributed by atoms with Gasteiger partial charge in [0.2, 0.25) is 0 Å². The van der Waals surface area contributed by atoms with Gasteiger partial charge in [-0.15, -0.1) is 0 Å². The van der Waals surface area contributed by atoms with Crippen LogP contribution >= 0.6 is 0 Å². The van der Waals surface area contributed by atoms with Gasteiger partial charge in [0, 0.05) is 26.7 Å². The molecule has 2 heteroatoms. The molecule has 0 heterocycles. The molecule has 0 aliphatic carbocycles. The maximum atomic E-state index is 3.68. The van der Waals surface area contributed by atoms with Crippen molar-refractivity contribution in [3.8, 4) is 0 Å². The van der Waals surface area contributed by atoms with Gasteiger partial charge in [-0.05, 0) is 17.5 Å². The summed E-state index contributed by atoms with van der Waals surface area (Å²) >= 11 is 0. The van der Waals surface area contributed by atoms with Gasteiger partial charge >= 0.3 is 0 Å². The Bertz CT molecular complexity index is 392. The van der Waals surface area contributed by atoms with Gasteiger partial charge in [0.15, 0.2) is 0 Å². The molecule has 0 fully saturated rings. The van der Waals surface area contributed by atoms with E-state index >= 15 is 0 Å². The van der Waals surface area contributed by atoms with Crippen molar-refractivity contribution in [3.63, 3.8) is 0 Å². The molecule has 0 saturated carbocycles. The number of benzene rings is 1. The first kappa shape index (κ1) is 15.7. The van der Waals surface area contributed by atoms with E-state index in [-0.39, 0.29) is 0 Å². The van der Waals surface area contributed by atoms with Gasteiger partial charge in [-0.1, -0.05) is 62.9 Å². The summed E-state index contributed by atoms with van der Waals surface area (Å²) in [6, 6.07) is 8.71. The summed E-state index contributed by atoms with van der Waals surface area (Å²) in [4.78, 5) is 0. The second-order valence-electron chi connectivity index (χ2n) is 4.70. The van der Waals surface area contributed by atoms with E-state index < -0.39 is 0 Å². The molecule has 19 heavy (non-hydrogen) atoms. The smallest absolute Gasteiger partial charge is 0.0383 e. The normalized spacial score (nSPS) is 11.6. The Balaban J connectivity index is 2.64. The summed E-state index contributed by atoms with van der Waals surface area (Å²) in [7, 11) is 2.16. The molecule has 0 saturated heterocycles. The maximum Gasteiger partial charge on any atom is 0.0383 e. The summed E-state index contributed by atoms with van der Waals surface area (Å²) in [5, 5.41) is 4.68. The fourth-order valence-electron chi connectivity index (χ4n) is 2.06. The molecule has 0 atom stereocenters. The molecule has 0 aliphatic rings.